The quantitative estimate of drug-likeness (QED) is 0.668. The number of ether oxygens (including phenoxy) is 1. The average molecular weight is 432 g/mol. The van der Waals surface area contributed by atoms with E-state index in [0.29, 0.717) is 22.7 Å². The first-order valence-corrected chi connectivity index (χ1v) is 11.8. The molecule has 1 aliphatic carbocycles. The average Bonchev–Trinajstić information content (AvgIpc) is 3.46. The highest BCUT2D eigenvalue weighted by atomic mass is 16.5. The van der Waals surface area contributed by atoms with E-state index in [4.69, 9.17) is 9.72 Å². The molecule has 0 unspecified atom stereocenters. The Kier molecular flexibility index (Phi) is 4.86. The van der Waals surface area contributed by atoms with Crippen LogP contribution in [0.5, 0.6) is 0 Å². The van der Waals surface area contributed by atoms with Gasteiger partial charge in [0.2, 0.25) is 0 Å². The summed E-state index contributed by atoms with van der Waals surface area (Å²) in [7, 11) is 0. The molecule has 0 radical (unpaired) electrons. The number of hydrogen-bond acceptors (Lipinski definition) is 5. The summed E-state index contributed by atoms with van der Waals surface area (Å²) in [6.45, 7) is 3.59. The van der Waals surface area contributed by atoms with Gasteiger partial charge in [-0.15, -0.1) is 0 Å². The van der Waals surface area contributed by atoms with Gasteiger partial charge in [-0.2, -0.15) is 5.10 Å². The van der Waals surface area contributed by atoms with Gasteiger partial charge in [0, 0.05) is 43.8 Å². The Hall–Kier alpha value is -2.93. The Morgan fingerprint density at radius 3 is 2.62 bits per heavy atom. The lowest BCUT2D eigenvalue weighted by Crippen LogP contribution is -2.35. The highest BCUT2D eigenvalue weighted by molar-refractivity contribution is 6.07. The molecule has 3 aromatic rings. The lowest BCUT2D eigenvalue weighted by atomic mass is 9.93. The minimum Gasteiger partial charge on any atom is -0.381 e. The van der Waals surface area contributed by atoms with Gasteiger partial charge in [0.05, 0.1) is 11.8 Å². The summed E-state index contributed by atoms with van der Waals surface area (Å²) in [5, 5.41) is 7.49. The third kappa shape index (κ3) is 3.64. The Labute approximate surface area is 187 Å². The largest absolute Gasteiger partial charge is 0.381 e. The molecule has 1 aromatic carbocycles. The maximum atomic E-state index is 13.3. The van der Waals surface area contributed by atoms with Gasteiger partial charge < -0.3 is 15.0 Å². The van der Waals surface area contributed by atoms with Crippen LogP contribution in [-0.4, -0.2) is 46.8 Å². The van der Waals surface area contributed by atoms with E-state index in [0.717, 1.165) is 56.0 Å². The number of carbonyl (C=O) groups excluding carboxylic acids is 1. The molecule has 1 amide bonds. The van der Waals surface area contributed by atoms with Crippen molar-refractivity contribution < 1.29 is 9.53 Å². The number of anilines is 2. The summed E-state index contributed by atoms with van der Waals surface area (Å²) in [5.41, 5.74) is 4.29. The van der Waals surface area contributed by atoms with Crippen LogP contribution in [0, 0.1) is 5.41 Å². The lowest BCUT2D eigenvalue weighted by Gasteiger charge is -2.34. The van der Waals surface area contributed by atoms with Gasteiger partial charge in [0.1, 0.15) is 5.82 Å². The number of benzene rings is 1. The number of nitrogens with zero attached hydrogens (tertiary/aromatic N) is 4. The Morgan fingerprint density at radius 1 is 1.06 bits per heavy atom. The molecule has 7 heteroatoms. The van der Waals surface area contributed by atoms with E-state index in [9.17, 15) is 4.79 Å². The highest BCUT2D eigenvalue weighted by Crippen LogP contribution is 2.54. The van der Waals surface area contributed by atoms with Crippen molar-refractivity contribution >= 4 is 23.1 Å². The zero-order chi connectivity index (χ0) is 21.5. The van der Waals surface area contributed by atoms with Crippen molar-refractivity contribution in [1.82, 2.24) is 14.6 Å². The number of piperidine rings is 1. The van der Waals surface area contributed by atoms with E-state index in [-0.39, 0.29) is 5.91 Å². The molecule has 0 atom stereocenters. The van der Waals surface area contributed by atoms with Crippen LogP contribution in [0.15, 0.2) is 42.7 Å². The fourth-order valence-corrected chi connectivity index (χ4v) is 5.28. The van der Waals surface area contributed by atoms with Gasteiger partial charge in [-0.25, -0.2) is 9.50 Å². The third-order valence-electron chi connectivity index (χ3n) is 7.57. The number of amides is 1. The van der Waals surface area contributed by atoms with Crippen LogP contribution >= 0.6 is 0 Å². The van der Waals surface area contributed by atoms with Crippen LogP contribution in [0.25, 0.3) is 5.65 Å². The van der Waals surface area contributed by atoms with Crippen LogP contribution in [-0.2, 0) is 4.74 Å². The number of para-hydroxylation sites is 1. The molecule has 4 heterocycles. The standard InChI is InChI=1S/C25H29N5O2/c31-24(19-3-1-2-4-21(19)29-13-10-25(8-9-25)11-14-29)28-22-5-12-30-23(27-22)20(17-26-30)18-6-15-32-16-7-18/h1-5,12,17-18H,6-11,13-16H2,(H,27,28,31). The number of hydrogen-bond donors (Lipinski definition) is 1. The maximum Gasteiger partial charge on any atom is 0.258 e. The van der Waals surface area contributed by atoms with Gasteiger partial charge in [0.25, 0.3) is 5.91 Å². The Morgan fingerprint density at radius 2 is 1.84 bits per heavy atom. The van der Waals surface area contributed by atoms with Crippen molar-refractivity contribution in [2.24, 2.45) is 5.41 Å². The van der Waals surface area contributed by atoms with E-state index >= 15 is 0 Å². The molecule has 7 nitrogen and oxygen atoms in total. The summed E-state index contributed by atoms with van der Waals surface area (Å²) in [6.07, 6.45) is 10.9. The van der Waals surface area contributed by atoms with E-state index < -0.39 is 0 Å². The molecule has 3 fully saturated rings. The molecular weight excluding hydrogens is 402 g/mol. The Balaban J connectivity index is 1.23. The van der Waals surface area contributed by atoms with Gasteiger partial charge in [0.15, 0.2) is 5.65 Å². The summed E-state index contributed by atoms with van der Waals surface area (Å²) in [6, 6.07) is 9.74. The minimum atomic E-state index is -0.115. The first kappa shape index (κ1) is 19.7. The minimum absolute atomic E-state index is 0.115. The van der Waals surface area contributed by atoms with Crippen LogP contribution in [0.4, 0.5) is 11.5 Å². The smallest absolute Gasteiger partial charge is 0.258 e. The summed E-state index contributed by atoms with van der Waals surface area (Å²) >= 11 is 0. The number of carbonyl (C=O) groups is 1. The van der Waals surface area contributed by atoms with Crippen LogP contribution < -0.4 is 10.2 Å². The van der Waals surface area contributed by atoms with Crippen LogP contribution in [0.1, 0.15) is 60.4 Å². The number of rotatable bonds is 4. The third-order valence-corrected chi connectivity index (χ3v) is 7.57. The summed E-state index contributed by atoms with van der Waals surface area (Å²) in [5.74, 6) is 0.840. The second-order valence-electron chi connectivity index (χ2n) is 9.53. The van der Waals surface area contributed by atoms with E-state index in [1.165, 1.54) is 25.7 Å². The zero-order valence-corrected chi connectivity index (χ0v) is 18.3. The molecule has 3 aliphatic rings. The van der Waals surface area contributed by atoms with Crippen molar-refractivity contribution in [2.75, 3.05) is 36.5 Å². The monoisotopic (exact) mass is 431 g/mol. The molecular formula is C25H29N5O2. The Bertz CT molecular complexity index is 1140. The number of nitrogens with one attached hydrogen (secondary N) is 1. The number of aromatic nitrogens is 3. The van der Waals surface area contributed by atoms with Crippen LogP contribution in [0.2, 0.25) is 0 Å². The molecule has 1 saturated carbocycles. The van der Waals surface area contributed by atoms with Crippen molar-refractivity contribution in [3.8, 4) is 0 Å². The maximum absolute atomic E-state index is 13.3. The van der Waals surface area contributed by atoms with Crippen molar-refractivity contribution in [1.29, 1.82) is 0 Å². The topological polar surface area (TPSA) is 71.8 Å². The van der Waals surface area contributed by atoms with Gasteiger partial charge in [-0.1, -0.05) is 12.1 Å². The molecule has 166 valence electrons. The molecule has 6 rings (SSSR count). The van der Waals surface area contributed by atoms with Crippen molar-refractivity contribution in [3.63, 3.8) is 0 Å². The molecule has 32 heavy (non-hydrogen) atoms. The first-order valence-electron chi connectivity index (χ1n) is 11.8. The zero-order valence-electron chi connectivity index (χ0n) is 18.3. The first-order chi connectivity index (χ1) is 15.7. The molecule has 2 aromatic heterocycles. The van der Waals surface area contributed by atoms with Crippen LogP contribution in [0.3, 0.4) is 0 Å². The van der Waals surface area contributed by atoms with E-state index in [2.05, 4.69) is 21.4 Å². The molecule has 1 N–H and O–H groups in total. The highest BCUT2D eigenvalue weighted by Gasteiger charge is 2.44. The fraction of sp³-hybridized carbons (Fsp3) is 0.480. The fourth-order valence-electron chi connectivity index (χ4n) is 5.28. The molecule has 2 aliphatic heterocycles. The van der Waals surface area contributed by atoms with E-state index in [1.54, 1.807) is 4.52 Å². The lowest BCUT2D eigenvalue weighted by molar-refractivity contribution is 0.0855. The molecule has 0 bridgehead atoms. The molecule has 1 spiro atoms. The van der Waals surface area contributed by atoms with Gasteiger partial charge in [-0.3, -0.25) is 4.79 Å². The van der Waals surface area contributed by atoms with Gasteiger partial charge in [-0.05, 0) is 68.1 Å². The normalized spacial score (nSPS) is 20.6. The SMILES string of the molecule is O=C(Nc1ccn2ncc(C3CCOCC3)c2n1)c1ccccc1N1CCC2(CC1)CC2. The van der Waals surface area contributed by atoms with E-state index in [1.807, 2.05) is 36.7 Å². The number of fused-ring (bicyclic) bond motifs is 1. The second kappa shape index (κ2) is 7.89. The van der Waals surface area contributed by atoms with Crippen molar-refractivity contribution in [3.05, 3.63) is 53.9 Å². The molecule has 2 saturated heterocycles. The van der Waals surface area contributed by atoms with Crippen molar-refractivity contribution in [2.45, 2.75) is 44.4 Å². The second-order valence-corrected chi connectivity index (χ2v) is 9.53. The predicted molar refractivity (Wildman–Crippen MR) is 123 cm³/mol. The summed E-state index contributed by atoms with van der Waals surface area (Å²) in [4.78, 5) is 20.4. The van der Waals surface area contributed by atoms with Gasteiger partial charge >= 0.3 is 0 Å². The summed E-state index contributed by atoms with van der Waals surface area (Å²) < 4.78 is 7.29. The predicted octanol–water partition coefficient (Wildman–Crippen LogP) is 4.26.